The van der Waals surface area contributed by atoms with E-state index in [4.69, 9.17) is 5.73 Å². The molecule has 0 saturated carbocycles. The Morgan fingerprint density at radius 3 is 2.75 bits per heavy atom. The number of benzene rings is 2. The first-order valence-electron chi connectivity index (χ1n) is 6.98. The first-order chi connectivity index (χ1) is 9.63. The molecule has 0 saturated heterocycles. The summed E-state index contributed by atoms with van der Waals surface area (Å²) in [4.78, 5) is 0.852. The lowest BCUT2D eigenvalue weighted by Crippen LogP contribution is -2.01. The number of rotatable bonds is 3. The van der Waals surface area contributed by atoms with E-state index in [0.29, 0.717) is 11.4 Å². The lowest BCUT2D eigenvalue weighted by atomic mass is 10.1. The van der Waals surface area contributed by atoms with Crippen LogP contribution in [0.5, 0.6) is 0 Å². The van der Waals surface area contributed by atoms with Crippen molar-refractivity contribution < 1.29 is 4.21 Å². The lowest BCUT2D eigenvalue weighted by molar-refractivity contribution is 0.682. The van der Waals surface area contributed by atoms with Crippen LogP contribution in [-0.4, -0.2) is 4.21 Å². The summed E-state index contributed by atoms with van der Waals surface area (Å²) >= 11 is 0. The highest BCUT2D eigenvalue weighted by atomic mass is 32.2. The van der Waals surface area contributed by atoms with Crippen LogP contribution in [0.1, 0.15) is 28.7 Å². The second-order valence-corrected chi connectivity index (χ2v) is 6.89. The summed E-state index contributed by atoms with van der Waals surface area (Å²) in [6, 6.07) is 12.2. The topological polar surface area (TPSA) is 43.1 Å². The Balaban J connectivity index is 1.84. The first-order valence-corrected chi connectivity index (χ1v) is 8.30. The Morgan fingerprint density at radius 2 is 1.90 bits per heavy atom. The number of fused-ring (bicyclic) bond motifs is 1. The highest BCUT2D eigenvalue weighted by Gasteiger charge is 2.13. The minimum atomic E-state index is -1.03. The standard InChI is InChI=1S/C17H19NOS/c1-12-5-8-16(18)10-17(12)20(19)11-13-6-7-14-3-2-4-15(14)9-13/h5-10H,2-4,11,18H2,1H3. The van der Waals surface area contributed by atoms with Gasteiger partial charge in [0.2, 0.25) is 0 Å². The van der Waals surface area contributed by atoms with Crippen LogP contribution in [-0.2, 0) is 29.4 Å². The summed E-state index contributed by atoms with van der Waals surface area (Å²) in [6.07, 6.45) is 3.59. The molecule has 2 nitrogen and oxygen atoms in total. The van der Waals surface area contributed by atoms with E-state index in [1.807, 2.05) is 25.1 Å². The van der Waals surface area contributed by atoms with Gasteiger partial charge in [-0.15, -0.1) is 0 Å². The van der Waals surface area contributed by atoms with Crippen molar-refractivity contribution in [2.45, 2.75) is 36.8 Å². The molecule has 0 bridgehead atoms. The van der Waals surface area contributed by atoms with E-state index in [1.165, 1.54) is 24.0 Å². The Bertz CT molecular complexity index is 679. The van der Waals surface area contributed by atoms with Crippen LogP contribution in [0, 0.1) is 6.92 Å². The van der Waals surface area contributed by atoms with Gasteiger partial charge < -0.3 is 5.73 Å². The van der Waals surface area contributed by atoms with Gasteiger partial charge in [0.15, 0.2) is 0 Å². The van der Waals surface area contributed by atoms with Crippen molar-refractivity contribution in [3.05, 3.63) is 58.7 Å². The van der Waals surface area contributed by atoms with Gasteiger partial charge in [-0.25, -0.2) is 0 Å². The molecule has 2 aromatic rings. The summed E-state index contributed by atoms with van der Waals surface area (Å²) in [6.45, 7) is 1.98. The molecule has 1 atom stereocenters. The number of hydrogen-bond donors (Lipinski definition) is 1. The van der Waals surface area contributed by atoms with Crippen molar-refractivity contribution in [1.82, 2.24) is 0 Å². The van der Waals surface area contributed by atoms with E-state index in [-0.39, 0.29) is 0 Å². The van der Waals surface area contributed by atoms with Crippen molar-refractivity contribution in [2.75, 3.05) is 5.73 Å². The Kier molecular flexibility index (Phi) is 3.62. The molecule has 1 aliphatic carbocycles. The zero-order valence-corrected chi connectivity index (χ0v) is 12.5. The van der Waals surface area contributed by atoms with Crippen molar-refractivity contribution in [3.63, 3.8) is 0 Å². The molecule has 0 spiro atoms. The minimum absolute atomic E-state index is 0.567. The van der Waals surface area contributed by atoms with Crippen molar-refractivity contribution in [2.24, 2.45) is 0 Å². The molecule has 20 heavy (non-hydrogen) atoms. The molecule has 104 valence electrons. The highest BCUT2D eigenvalue weighted by Crippen LogP contribution is 2.25. The average Bonchev–Trinajstić information content (AvgIpc) is 2.89. The number of anilines is 1. The summed E-state index contributed by atoms with van der Waals surface area (Å²) in [5.41, 5.74) is 11.6. The highest BCUT2D eigenvalue weighted by molar-refractivity contribution is 7.84. The van der Waals surface area contributed by atoms with Crippen molar-refractivity contribution >= 4 is 16.5 Å². The average molecular weight is 285 g/mol. The third-order valence-corrected chi connectivity index (χ3v) is 5.44. The van der Waals surface area contributed by atoms with Crippen LogP contribution in [0.3, 0.4) is 0 Å². The molecule has 0 radical (unpaired) electrons. The maximum Gasteiger partial charge on any atom is 0.0577 e. The van der Waals surface area contributed by atoms with Gasteiger partial charge in [0.05, 0.1) is 16.6 Å². The van der Waals surface area contributed by atoms with E-state index >= 15 is 0 Å². The van der Waals surface area contributed by atoms with Crippen molar-refractivity contribution in [3.8, 4) is 0 Å². The largest absolute Gasteiger partial charge is 0.399 e. The maximum atomic E-state index is 12.5. The molecule has 0 aromatic heterocycles. The fraction of sp³-hybridized carbons (Fsp3) is 0.294. The Morgan fingerprint density at radius 1 is 1.10 bits per heavy atom. The third-order valence-electron chi connectivity index (χ3n) is 3.92. The van der Waals surface area contributed by atoms with Crippen LogP contribution < -0.4 is 5.73 Å². The smallest absolute Gasteiger partial charge is 0.0577 e. The fourth-order valence-corrected chi connectivity index (χ4v) is 4.14. The molecule has 0 heterocycles. The Hall–Kier alpha value is -1.61. The van der Waals surface area contributed by atoms with E-state index in [0.717, 1.165) is 22.4 Å². The van der Waals surface area contributed by atoms with E-state index in [1.54, 1.807) is 0 Å². The van der Waals surface area contributed by atoms with Crippen LogP contribution in [0.2, 0.25) is 0 Å². The van der Waals surface area contributed by atoms with E-state index < -0.39 is 10.8 Å². The second-order valence-electron chi connectivity index (χ2n) is 5.47. The summed E-state index contributed by atoms with van der Waals surface area (Å²) in [7, 11) is -1.03. The van der Waals surface area contributed by atoms with Gasteiger partial charge in [0, 0.05) is 10.6 Å². The van der Waals surface area contributed by atoms with Crippen LogP contribution in [0.25, 0.3) is 0 Å². The first kappa shape index (κ1) is 13.4. The molecule has 1 aliphatic rings. The number of hydrogen-bond acceptors (Lipinski definition) is 2. The lowest BCUT2D eigenvalue weighted by Gasteiger charge is -2.08. The van der Waals surface area contributed by atoms with Gasteiger partial charge in [-0.05, 0) is 60.6 Å². The predicted octanol–water partition coefficient (Wildman–Crippen LogP) is 3.37. The molecular formula is C17H19NOS. The van der Waals surface area contributed by atoms with Crippen molar-refractivity contribution in [1.29, 1.82) is 0 Å². The minimum Gasteiger partial charge on any atom is -0.399 e. The SMILES string of the molecule is Cc1ccc(N)cc1S(=O)Cc1ccc2c(c1)CCC2. The van der Waals surface area contributed by atoms with Crippen LogP contribution in [0.4, 0.5) is 5.69 Å². The molecule has 3 heteroatoms. The zero-order valence-electron chi connectivity index (χ0n) is 11.7. The maximum absolute atomic E-state index is 12.5. The molecule has 0 amide bonds. The Labute approximate surface area is 122 Å². The molecule has 2 aromatic carbocycles. The van der Waals surface area contributed by atoms with Gasteiger partial charge in [0.1, 0.15) is 0 Å². The van der Waals surface area contributed by atoms with Gasteiger partial charge in [-0.3, -0.25) is 4.21 Å². The summed E-state index contributed by atoms with van der Waals surface area (Å²) in [5, 5.41) is 0. The van der Waals surface area contributed by atoms with Gasteiger partial charge >= 0.3 is 0 Å². The molecule has 1 unspecified atom stereocenters. The van der Waals surface area contributed by atoms with Crippen LogP contribution in [0.15, 0.2) is 41.3 Å². The van der Waals surface area contributed by atoms with E-state index in [9.17, 15) is 4.21 Å². The van der Waals surface area contributed by atoms with E-state index in [2.05, 4.69) is 18.2 Å². The molecular weight excluding hydrogens is 266 g/mol. The molecule has 2 N–H and O–H groups in total. The van der Waals surface area contributed by atoms with Gasteiger partial charge in [-0.1, -0.05) is 24.3 Å². The predicted molar refractivity (Wildman–Crippen MR) is 84.2 cm³/mol. The summed E-state index contributed by atoms with van der Waals surface area (Å²) in [5.74, 6) is 0.567. The quantitative estimate of drug-likeness (QED) is 0.879. The number of aryl methyl sites for hydroxylation is 3. The normalized spacial score (nSPS) is 15.1. The number of nitrogen functional groups attached to an aromatic ring is 1. The zero-order chi connectivity index (χ0) is 14.1. The monoisotopic (exact) mass is 285 g/mol. The second kappa shape index (κ2) is 5.41. The molecule has 3 rings (SSSR count). The third kappa shape index (κ3) is 2.63. The van der Waals surface area contributed by atoms with Gasteiger partial charge in [-0.2, -0.15) is 0 Å². The molecule has 0 aliphatic heterocycles. The summed E-state index contributed by atoms with van der Waals surface area (Å²) < 4.78 is 12.5. The number of nitrogens with two attached hydrogens (primary N) is 1. The molecule has 0 fully saturated rings. The van der Waals surface area contributed by atoms with Gasteiger partial charge in [0.25, 0.3) is 0 Å². The fourth-order valence-electron chi connectivity index (χ4n) is 2.81. The van der Waals surface area contributed by atoms with Crippen LogP contribution >= 0.6 is 0 Å².